The van der Waals surface area contributed by atoms with Crippen molar-refractivity contribution in [2.45, 2.75) is 13.1 Å². The summed E-state index contributed by atoms with van der Waals surface area (Å²) in [6, 6.07) is 11.2. The lowest BCUT2D eigenvalue weighted by Gasteiger charge is -2.12. The van der Waals surface area contributed by atoms with Crippen LogP contribution in [0.25, 0.3) is 0 Å². The van der Waals surface area contributed by atoms with Gasteiger partial charge < -0.3 is 4.74 Å². The number of alkyl halides is 3. The summed E-state index contributed by atoms with van der Waals surface area (Å²) in [4.78, 5) is 11.9. The number of carbonyl (C=O) groups excluding carboxylic acids is 1. The van der Waals surface area contributed by atoms with Crippen molar-refractivity contribution in [3.05, 3.63) is 65.2 Å². The highest BCUT2D eigenvalue weighted by molar-refractivity contribution is 5.93. The van der Waals surface area contributed by atoms with E-state index in [1.807, 2.05) is 0 Å². The monoisotopic (exact) mass is 280 g/mol. The Hall–Kier alpha value is -2.30. The van der Waals surface area contributed by atoms with Crippen molar-refractivity contribution >= 4 is 5.97 Å². The van der Waals surface area contributed by atoms with Crippen LogP contribution in [0.4, 0.5) is 13.2 Å². The first-order valence-corrected chi connectivity index (χ1v) is 5.83. The van der Waals surface area contributed by atoms with Crippen molar-refractivity contribution in [3.8, 4) is 5.75 Å². The van der Waals surface area contributed by atoms with Crippen LogP contribution in [0.1, 0.15) is 21.5 Å². The Morgan fingerprint density at radius 3 is 2.25 bits per heavy atom. The maximum absolute atomic E-state index is 12.8. The fourth-order valence-electron chi connectivity index (χ4n) is 1.73. The molecule has 2 rings (SSSR count). The molecule has 0 saturated heterocycles. The van der Waals surface area contributed by atoms with Crippen LogP contribution in [0.15, 0.2) is 48.5 Å². The van der Waals surface area contributed by atoms with Crippen molar-refractivity contribution < 1.29 is 22.7 Å². The molecule has 0 spiro atoms. The number of carbonyl (C=O) groups is 1. The molecule has 0 unspecified atom stereocenters. The van der Waals surface area contributed by atoms with E-state index in [1.54, 1.807) is 25.1 Å². The average molecular weight is 280 g/mol. The van der Waals surface area contributed by atoms with Crippen molar-refractivity contribution in [2.24, 2.45) is 0 Å². The highest BCUT2D eigenvalue weighted by Crippen LogP contribution is 2.32. The summed E-state index contributed by atoms with van der Waals surface area (Å²) in [6.45, 7) is 1.71. The van der Waals surface area contributed by atoms with E-state index in [0.29, 0.717) is 5.56 Å². The van der Waals surface area contributed by atoms with Crippen LogP contribution in [-0.2, 0) is 6.18 Å². The van der Waals surface area contributed by atoms with E-state index in [-0.39, 0.29) is 5.75 Å². The number of halogens is 3. The van der Waals surface area contributed by atoms with Gasteiger partial charge in [0.1, 0.15) is 5.75 Å². The zero-order valence-electron chi connectivity index (χ0n) is 10.6. The molecule has 2 aromatic rings. The second-order valence-electron chi connectivity index (χ2n) is 4.20. The maximum atomic E-state index is 12.8. The van der Waals surface area contributed by atoms with Gasteiger partial charge >= 0.3 is 12.1 Å². The second kappa shape index (κ2) is 5.36. The first-order chi connectivity index (χ1) is 9.39. The Labute approximate surface area is 113 Å². The van der Waals surface area contributed by atoms with Crippen LogP contribution in [0.3, 0.4) is 0 Å². The molecular weight excluding hydrogens is 269 g/mol. The third-order valence-electron chi connectivity index (χ3n) is 2.75. The van der Waals surface area contributed by atoms with E-state index >= 15 is 0 Å². The molecule has 0 fully saturated rings. The molecule has 5 heteroatoms. The molecule has 2 aromatic carbocycles. The molecule has 20 heavy (non-hydrogen) atoms. The predicted octanol–water partition coefficient (Wildman–Crippen LogP) is 4.23. The molecule has 2 nitrogen and oxygen atoms in total. The van der Waals surface area contributed by atoms with Gasteiger partial charge in [-0.15, -0.1) is 0 Å². The van der Waals surface area contributed by atoms with Gasteiger partial charge in [0.25, 0.3) is 0 Å². The van der Waals surface area contributed by atoms with Gasteiger partial charge in [0, 0.05) is 0 Å². The largest absolute Gasteiger partial charge is 0.423 e. The van der Waals surface area contributed by atoms with Gasteiger partial charge in [0.15, 0.2) is 0 Å². The number of rotatable bonds is 2. The molecule has 0 aromatic heterocycles. The number of benzene rings is 2. The molecule has 0 aliphatic rings. The van der Waals surface area contributed by atoms with Crippen LogP contribution < -0.4 is 4.74 Å². The summed E-state index contributed by atoms with van der Waals surface area (Å²) in [5, 5.41) is 0. The lowest BCUT2D eigenvalue weighted by Crippen LogP contribution is -2.17. The first kappa shape index (κ1) is 14.1. The van der Waals surface area contributed by atoms with Crippen molar-refractivity contribution in [1.82, 2.24) is 0 Å². The normalized spacial score (nSPS) is 11.2. The third-order valence-corrected chi connectivity index (χ3v) is 2.75. The van der Waals surface area contributed by atoms with Gasteiger partial charge in [-0.2, -0.15) is 13.2 Å². The molecular formula is C15H11F3O2. The molecule has 0 bridgehead atoms. The minimum Gasteiger partial charge on any atom is -0.423 e. The Morgan fingerprint density at radius 2 is 1.60 bits per heavy atom. The van der Waals surface area contributed by atoms with E-state index in [9.17, 15) is 18.0 Å². The molecule has 0 radical (unpaired) electrons. The van der Waals surface area contributed by atoms with Gasteiger partial charge in [0.2, 0.25) is 0 Å². The molecule has 0 N–H and O–H groups in total. The quantitative estimate of drug-likeness (QED) is 0.607. The number of hydrogen-bond acceptors (Lipinski definition) is 2. The predicted molar refractivity (Wildman–Crippen MR) is 67.6 cm³/mol. The van der Waals surface area contributed by atoms with E-state index in [2.05, 4.69) is 0 Å². The molecule has 0 atom stereocenters. The molecule has 0 aliphatic carbocycles. The van der Waals surface area contributed by atoms with Crippen molar-refractivity contribution in [1.29, 1.82) is 0 Å². The molecule has 0 amide bonds. The zero-order chi connectivity index (χ0) is 14.8. The van der Waals surface area contributed by atoms with E-state index in [4.69, 9.17) is 4.74 Å². The zero-order valence-corrected chi connectivity index (χ0v) is 10.6. The van der Waals surface area contributed by atoms with E-state index < -0.39 is 23.3 Å². The molecule has 104 valence electrons. The number of hydrogen-bond donors (Lipinski definition) is 0. The Kier molecular flexibility index (Phi) is 3.79. The van der Waals surface area contributed by atoms with Gasteiger partial charge in [-0.3, -0.25) is 0 Å². The van der Waals surface area contributed by atoms with Crippen molar-refractivity contribution in [2.75, 3.05) is 0 Å². The maximum Gasteiger partial charge on any atom is 0.417 e. The molecule has 0 aliphatic heterocycles. The second-order valence-corrected chi connectivity index (χ2v) is 4.20. The minimum atomic E-state index is -4.60. The standard InChI is InChI=1S/C15H11F3O2/c1-10-6-2-5-9-13(10)20-14(19)11-7-3-4-8-12(11)15(16,17)18/h2-9H,1H3. The topological polar surface area (TPSA) is 26.3 Å². The summed E-state index contributed by atoms with van der Waals surface area (Å²) >= 11 is 0. The van der Waals surface area contributed by atoms with Crippen LogP contribution in [-0.4, -0.2) is 5.97 Å². The van der Waals surface area contributed by atoms with Crippen molar-refractivity contribution in [3.63, 3.8) is 0 Å². The Bertz CT molecular complexity index is 633. The van der Waals surface area contributed by atoms with E-state index in [0.717, 1.165) is 12.1 Å². The number of ether oxygens (including phenoxy) is 1. The van der Waals surface area contributed by atoms with Crippen LogP contribution in [0.2, 0.25) is 0 Å². The fraction of sp³-hybridized carbons (Fsp3) is 0.133. The highest BCUT2D eigenvalue weighted by atomic mass is 19.4. The first-order valence-electron chi connectivity index (χ1n) is 5.83. The SMILES string of the molecule is Cc1ccccc1OC(=O)c1ccccc1C(F)(F)F. The summed E-state index contributed by atoms with van der Waals surface area (Å²) in [6.07, 6.45) is -4.60. The summed E-state index contributed by atoms with van der Waals surface area (Å²) in [7, 11) is 0. The van der Waals surface area contributed by atoms with Gasteiger partial charge in [-0.05, 0) is 30.7 Å². The summed E-state index contributed by atoms with van der Waals surface area (Å²) in [5.74, 6) is -0.776. The number of esters is 1. The highest BCUT2D eigenvalue weighted by Gasteiger charge is 2.35. The van der Waals surface area contributed by atoms with E-state index in [1.165, 1.54) is 18.2 Å². The van der Waals surface area contributed by atoms with Crippen LogP contribution >= 0.6 is 0 Å². The fourth-order valence-corrected chi connectivity index (χ4v) is 1.73. The minimum absolute atomic E-state index is 0.245. The van der Waals surface area contributed by atoms with Crippen LogP contribution in [0.5, 0.6) is 5.75 Å². The smallest absolute Gasteiger partial charge is 0.417 e. The lowest BCUT2D eigenvalue weighted by molar-refractivity contribution is -0.138. The van der Waals surface area contributed by atoms with Gasteiger partial charge in [-0.1, -0.05) is 30.3 Å². The Balaban J connectivity index is 2.34. The van der Waals surface area contributed by atoms with Gasteiger partial charge in [0.05, 0.1) is 11.1 Å². The average Bonchev–Trinajstić information content (AvgIpc) is 2.40. The van der Waals surface area contributed by atoms with Crippen LogP contribution in [0, 0.1) is 6.92 Å². The number of aryl methyl sites for hydroxylation is 1. The summed E-state index contributed by atoms with van der Waals surface area (Å²) < 4.78 is 43.5. The molecule has 0 saturated carbocycles. The summed E-state index contributed by atoms with van der Waals surface area (Å²) in [5.41, 5.74) is -0.827. The Morgan fingerprint density at radius 1 is 1.00 bits per heavy atom. The molecule has 0 heterocycles. The third kappa shape index (κ3) is 2.99. The number of para-hydroxylation sites is 1. The van der Waals surface area contributed by atoms with Gasteiger partial charge in [-0.25, -0.2) is 4.79 Å². The lowest BCUT2D eigenvalue weighted by atomic mass is 10.1.